The molecular formula is C13H20N2O3. The molecule has 18 heavy (non-hydrogen) atoms. The number of nitrogens with one attached hydrogen (secondary N) is 2. The molecule has 0 aromatic heterocycles. The molecule has 4 N–H and O–H groups in total. The number of rotatable bonds is 6. The minimum Gasteiger partial charge on any atom is -0.508 e. The fraction of sp³-hybridized carbons (Fsp3) is 0.462. The summed E-state index contributed by atoms with van der Waals surface area (Å²) in [6.07, 6.45) is 0.897. The molecule has 0 aliphatic rings. The van der Waals surface area contributed by atoms with Gasteiger partial charge in [0.25, 0.3) is 0 Å². The lowest BCUT2D eigenvalue weighted by atomic mass is 10.1. The predicted octanol–water partition coefficient (Wildman–Crippen LogP) is 1.27. The van der Waals surface area contributed by atoms with Crippen molar-refractivity contribution in [3.8, 4) is 11.5 Å². The van der Waals surface area contributed by atoms with Gasteiger partial charge in [-0.05, 0) is 31.5 Å². The van der Waals surface area contributed by atoms with Crippen molar-refractivity contribution in [1.29, 1.82) is 0 Å². The highest BCUT2D eigenvalue weighted by molar-refractivity contribution is 5.78. The molecule has 1 aromatic rings. The Morgan fingerprint density at radius 1 is 1.39 bits per heavy atom. The zero-order valence-electron chi connectivity index (χ0n) is 10.7. The average Bonchev–Trinajstić information content (AvgIpc) is 2.36. The Hall–Kier alpha value is -1.75. The Kier molecular flexibility index (Phi) is 5.45. The normalized spacial score (nSPS) is 12.1. The summed E-state index contributed by atoms with van der Waals surface area (Å²) >= 11 is 0. The lowest BCUT2D eigenvalue weighted by molar-refractivity contribution is -0.120. The minimum absolute atomic E-state index is 0.0802. The van der Waals surface area contributed by atoms with Crippen LogP contribution < -0.4 is 10.6 Å². The third-order valence-corrected chi connectivity index (χ3v) is 2.62. The molecule has 0 spiro atoms. The van der Waals surface area contributed by atoms with E-state index in [0.29, 0.717) is 12.1 Å². The monoisotopic (exact) mass is 252 g/mol. The molecule has 0 saturated heterocycles. The third kappa shape index (κ3) is 4.25. The molecule has 1 amide bonds. The van der Waals surface area contributed by atoms with Crippen LogP contribution in [0.1, 0.15) is 31.9 Å². The number of aromatic hydroxyl groups is 2. The van der Waals surface area contributed by atoms with Crippen LogP contribution in [0.4, 0.5) is 0 Å². The number of carbonyl (C=O) groups is 1. The number of phenols is 2. The summed E-state index contributed by atoms with van der Waals surface area (Å²) in [6, 6.07) is 4.11. The number of hydrogen-bond donors (Lipinski definition) is 4. The fourth-order valence-corrected chi connectivity index (χ4v) is 1.57. The number of phenolic OH excluding ortho intramolecular Hbond substituents is 2. The second-order valence-corrected chi connectivity index (χ2v) is 4.20. The van der Waals surface area contributed by atoms with Gasteiger partial charge in [0.1, 0.15) is 11.5 Å². The smallest absolute Gasteiger partial charge is 0.233 e. The van der Waals surface area contributed by atoms with Gasteiger partial charge in [-0.1, -0.05) is 6.92 Å². The second-order valence-electron chi connectivity index (χ2n) is 4.20. The van der Waals surface area contributed by atoms with Gasteiger partial charge >= 0.3 is 0 Å². The first-order valence-electron chi connectivity index (χ1n) is 6.06. The van der Waals surface area contributed by atoms with Crippen molar-refractivity contribution >= 4 is 5.91 Å². The first-order valence-corrected chi connectivity index (χ1v) is 6.06. The summed E-state index contributed by atoms with van der Waals surface area (Å²) in [4.78, 5) is 11.4. The van der Waals surface area contributed by atoms with Gasteiger partial charge in [-0.15, -0.1) is 0 Å². The summed E-state index contributed by atoms with van der Waals surface area (Å²) < 4.78 is 0. The number of benzene rings is 1. The van der Waals surface area contributed by atoms with E-state index in [1.54, 1.807) is 0 Å². The van der Waals surface area contributed by atoms with Crippen molar-refractivity contribution in [3.05, 3.63) is 23.8 Å². The lowest BCUT2D eigenvalue weighted by Gasteiger charge is -2.15. The van der Waals surface area contributed by atoms with Crippen LogP contribution in [0.3, 0.4) is 0 Å². The fourth-order valence-electron chi connectivity index (χ4n) is 1.57. The Morgan fingerprint density at radius 3 is 2.78 bits per heavy atom. The van der Waals surface area contributed by atoms with E-state index >= 15 is 0 Å². The average molecular weight is 252 g/mol. The largest absolute Gasteiger partial charge is 0.508 e. The molecule has 1 atom stereocenters. The summed E-state index contributed by atoms with van der Waals surface area (Å²) in [5.74, 6) is 0.108. The lowest BCUT2D eigenvalue weighted by Crippen LogP contribution is -2.35. The van der Waals surface area contributed by atoms with Crippen molar-refractivity contribution in [3.63, 3.8) is 0 Å². The van der Waals surface area contributed by atoms with Crippen LogP contribution in [-0.2, 0) is 4.79 Å². The topological polar surface area (TPSA) is 81.6 Å². The van der Waals surface area contributed by atoms with Gasteiger partial charge in [0, 0.05) is 18.2 Å². The van der Waals surface area contributed by atoms with Crippen molar-refractivity contribution < 1.29 is 15.0 Å². The van der Waals surface area contributed by atoms with Crippen molar-refractivity contribution in [2.75, 3.05) is 13.1 Å². The molecule has 1 aromatic carbocycles. The molecule has 0 bridgehead atoms. The molecule has 100 valence electrons. The molecule has 0 heterocycles. The molecule has 0 saturated carbocycles. The molecule has 0 aliphatic carbocycles. The summed E-state index contributed by atoms with van der Waals surface area (Å²) in [6.45, 7) is 4.64. The highest BCUT2D eigenvalue weighted by Gasteiger charge is 2.12. The molecule has 5 heteroatoms. The summed E-state index contributed by atoms with van der Waals surface area (Å²) in [7, 11) is 0. The van der Waals surface area contributed by atoms with E-state index in [4.69, 9.17) is 0 Å². The van der Waals surface area contributed by atoms with E-state index in [1.165, 1.54) is 18.2 Å². The Morgan fingerprint density at radius 2 is 2.11 bits per heavy atom. The van der Waals surface area contributed by atoms with Gasteiger partial charge in [-0.25, -0.2) is 0 Å². The maximum absolute atomic E-state index is 11.4. The zero-order valence-corrected chi connectivity index (χ0v) is 10.7. The minimum atomic E-state index is -0.218. The zero-order chi connectivity index (χ0) is 13.5. The van der Waals surface area contributed by atoms with E-state index in [9.17, 15) is 15.0 Å². The Bertz CT molecular complexity index is 407. The van der Waals surface area contributed by atoms with Crippen molar-refractivity contribution in [2.45, 2.75) is 26.3 Å². The van der Waals surface area contributed by atoms with Gasteiger partial charge in [0.05, 0.1) is 6.54 Å². The van der Waals surface area contributed by atoms with Crippen LogP contribution >= 0.6 is 0 Å². The summed E-state index contributed by atoms with van der Waals surface area (Å²) in [5.41, 5.74) is 0.568. The molecule has 1 unspecified atom stereocenters. The van der Waals surface area contributed by atoms with Crippen LogP contribution in [0.2, 0.25) is 0 Å². The molecular weight excluding hydrogens is 232 g/mol. The Balaban J connectivity index is 2.52. The number of amides is 1. The standard InChI is InChI=1S/C13H20N2O3/c1-3-6-14-13(18)8-15-9(2)11-7-10(16)4-5-12(11)17/h4-5,7,9,15-17H,3,6,8H2,1-2H3,(H,14,18). The van der Waals surface area contributed by atoms with Crippen LogP contribution in [0.25, 0.3) is 0 Å². The van der Waals surface area contributed by atoms with E-state index < -0.39 is 0 Å². The van der Waals surface area contributed by atoms with Gasteiger partial charge in [0.2, 0.25) is 5.91 Å². The van der Waals surface area contributed by atoms with E-state index in [2.05, 4.69) is 10.6 Å². The van der Waals surface area contributed by atoms with Gasteiger partial charge in [-0.3, -0.25) is 4.79 Å². The van der Waals surface area contributed by atoms with E-state index in [1.807, 2.05) is 13.8 Å². The second kappa shape index (κ2) is 6.86. The molecule has 0 fully saturated rings. The van der Waals surface area contributed by atoms with Crippen LogP contribution in [0.15, 0.2) is 18.2 Å². The highest BCUT2D eigenvalue weighted by Crippen LogP contribution is 2.27. The van der Waals surface area contributed by atoms with Crippen LogP contribution in [-0.4, -0.2) is 29.2 Å². The first-order chi connectivity index (χ1) is 8.54. The van der Waals surface area contributed by atoms with Gasteiger partial charge < -0.3 is 20.8 Å². The van der Waals surface area contributed by atoms with Crippen LogP contribution in [0.5, 0.6) is 11.5 Å². The van der Waals surface area contributed by atoms with Crippen molar-refractivity contribution in [1.82, 2.24) is 10.6 Å². The van der Waals surface area contributed by atoms with Gasteiger partial charge in [-0.2, -0.15) is 0 Å². The maximum Gasteiger partial charge on any atom is 0.233 e. The molecule has 0 aliphatic heterocycles. The van der Waals surface area contributed by atoms with Crippen LogP contribution in [0, 0.1) is 0 Å². The van der Waals surface area contributed by atoms with E-state index in [-0.39, 0.29) is 30.0 Å². The highest BCUT2D eigenvalue weighted by atomic mass is 16.3. The summed E-state index contributed by atoms with van der Waals surface area (Å²) in [5, 5.41) is 24.8. The number of carbonyl (C=O) groups excluding carboxylic acids is 1. The third-order valence-electron chi connectivity index (χ3n) is 2.62. The first kappa shape index (κ1) is 14.3. The quantitative estimate of drug-likeness (QED) is 0.575. The molecule has 1 rings (SSSR count). The SMILES string of the molecule is CCCNC(=O)CNC(C)c1cc(O)ccc1O. The van der Waals surface area contributed by atoms with Crippen molar-refractivity contribution in [2.24, 2.45) is 0 Å². The Labute approximate surface area is 107 Å². The molecule has 0 radical (unpaired) electrons. The predicted molar refractivity (Wildman–Crippen MR) is 69.5 cm³/mol. The van der Waals surface area contributed by atoms with Gasteiger partial charge in [0.15, 0.2) is 0 Å². The molecule has 5 nitrogen and oxygen atoms in total. The maximum atomic E-state index is 11.4. The van der Waals surface area contributed by atoms with E-state index in [0.717, 1.165) is 6.42 Å². The number of hydrogen-bond acceptors (Lipinski definition) is 4.